The third-order valence-electron chi connectivity index (χ3n) is 5.21. The van der Waals surface area contributed by atoms with Gasteiger partial charge in [0.2, 0.25) is 11.8 Å². The van der Waals surface area contributed by atoms with E-state index in [1.165, 1.54) is 4.88 Å². The van der Waals surface area contributed by atoms with E-state index in [9.17, 15) is 22.8 Å². The molecule has 1 unspecified atom stereocenters. The fourth-order valence-corrected chi connectivity index (χ4v) is 4.60. The lowest BCUT2D eigenvalue weighted by Gasteiger charge is -2.33. The van der Waals surface area contributed by atoms with Crippen LogP contribution in [0.1, 0.15) is 25.1 Å². The summed E-state index contributed by atoms with van der Waals surface area (Å²) in [4.78, 5) is 40.8. The lowest BCUT2D eigenvalue weighted by atomic mass is 9.86. The first-order valence-corrected chi connectivity index (χ1v) is 10.4. The SMILES string of the molecule is CCN1CC2(CC1=O)CN(Cc1cccs1)CCN(C(C)=O)C2.O=C(O)C(F)(F)F. The van der Waals surface area contributed by atoms with E-state index in [1.54, 1.807) is 18.3 Å². The minimum atomic E-state index is -5.08. The van der Waals surface area contributed by atoms with Gasteiger partial charge in [0.05, 0.1) is 0 Å². The van der Waals surface area contributed by atoms with Crippen molar-refractivity contribution in [2.45, 2.75) is 33.0 Å². The van der Waals surface area contributed by atoms with Crippen LogP contribution in [0.3, 0.4) is 0 Å². The van der Waals surface area contributed by atoms with E-state index >= 15 is 0 Å². The minimum Gasteiger partial charge on any atom is -0.475 e. The zero-order chi connectivity index (χ0) is 22.5. The number of thiophene rings is 1. The number of nitrogens with zero attached hydrogens (tertiary/aromatic N) is 3. The van der Waals surface area contributed by atoms with Crippen molar-refractivity contribution in [2.75, 3.05) is 39.3 Å². The summed E-state index contributed by atoms with van der Waals surface area (Å²) in [5.41, 5.74) is -0.119. The van der Waals surface area contributed by atoms with E-state index in [4.69, 9.17) is 9.90 Å². The van der Waals surface area contributed by atoms with E-state index in [0.29, 0.717) is 13.0 Å². The maximum Gasteiger partial charge on any atom is 0.490 e. The number of hydrogen-bond donors (Lipinski definition) is 1. The summed E-state index contributed by atoms with van der Waals surface area (Å²) in [6, 6.07) is 4.23. The van der Waals surface area contributed by atoms with Gasteiger partial charge in [0.1, 0.15) is 0 Å². The number of rotatable bonds is 3. The molecule has 7 nitrogen and oxygen atoms in total. The van der Waals surface area contributed by atoms with Crippen molar-refractivity contribution in [3.05, 3.63) is 22.4 Å². The highest BCUT2D eigenvalue weighted by Gasteiger charge is 2.46. The largest absolute Gasteiger partial charge is 0.490 e. The fraction of sp³-hybridized carbons (Fsp3) is 0.632. The Labute approximate surface area is 177 Å². The fourth-order valence-electron chi connectivity index (χ4n) is 3.86. The maximum atomic E-state index is 12.3. The van der Waals surface area contributed by atoms with Crippen molar-refractivity contribution in [1.82, 2.24) is 14.7 Å². The van der Waals surface area contributed by atoms with E-state index in [0.717, 1.165) is 39.3 Å². The Hall–Kier alpha value is -2.14. The first-order chi connectivity index (χ1) is 14.0. The number of aliphatic carboxylic acids is 1. The zero-order valence-electron chi connectivity index (χ0n) is 16.9. The quantitative estimate of drug-likeness (QED) is 0.766. The van der Waals surface area contributed by atoms with Gasteiger partial charge in [-0.05, 0) is 18.4 Å². The van der Waals surface area contributed by atoms with Gasteiger partial charge >= 0.3 is 12.1 Å². The number of carboxylic acids is 1. The molecule has 2 aliphatic rings. The number of alkyl halides is 3. The van der Waals surface area contributed by atoms with Gasteiger partial charge in [0.15, 0.2) is 0 Å². The summed E-state index contributed by atoms with van der Waals surface area (Å²) < 4.78 is 31.7. The van der Waals surface area contributed by atoms with Gasteiger partial charge in [0.25, 0.3) is 0 Å². The van der Waals surface area contributed by atoms with Gasteiger partial charge < -0.3 is 14.9 Å². The molecule has 30 heavy (non-hydrogen) atoms. The molecule has 0 aromatic carbocycles. The van der Waals surface area contributed by atoms with E-state index in [-0.39, 0.29) is 17.2 Å². The van der Waals surface area contributed by atoms with Crippen molar-refractivity contribution in [2.24, 2.45) is 5.41 Å². The number of carbonyl (C=O) groups is 3. The monoisotopic (exact) mass is 449 g/mol. The van der Waals surface area contributed by atoms with Crippen LogP contribution in [-0.2, 0) is 20.9 Å². The third kappa shape index (κ3) is 6.43. The summed E-state index contributed by atoms with van der Waals surface area (Å²) in [7, 11) is 0. The van der Waals surface area contributed by atoms with Crippen LogP contribution in [0.2, 0.25) is 0 Å². The molecule has 0 aliphatic carbocycles. The molecule has 2 fully saturated rings. The minimum absolute atomic E-state index is 0.116. The normalized spacial score (nSPS) is 22.6. The smallest absolute Gasteiger partial charge is 0.475 e. The van der Waals surface area contributed by atoms with Crippen LogP contribution in [0.5, 0.6) is 0 Å². The van der Waals surface area contributed by atoms with Gasteiger partial charge in [-0.3, -0.25) is 14.5 Å². The van der Waals surface area contributed by atoms with Gasteiger partial charge in [-0.1, -0.05) is 6.07 Å². The Morgan fingerprint density at radius 3 is 2.37 bits per heavy atom. The van der Waals surface area contributed by atoms with Crippen LogP contribution in [0.4, 0.5) is 13.2 Å². The molecule has 1 spiro atoms. The number of amides is 2. The van der Waals surface area contributed by atoms with Crippen molar-refractivity contribution >= 4 is 29.1 Å². The summed E-state index contributed by atoms with van der Waals surface area (Å²) >= 11 is 1.77. The van der Waals surface area contributed by atoms with Crippen LogP contribution in [0.25, 0.3) is 0 Å². The average molecular weight is 449 g/mol. The number of hydrogen-bond acceptors (Lipinski definition) is 5. The summed E-state index contributed by atoms with van der Waals surface area (Å²) in [6.07, 6.45) is -4.52. The van der Waals surface area contributed by atoms with E-state index in [2.05, 4.69) is 22.4 Å². The highest BCUT2D eigenvalue weighted by molar-refractivity contribution is 7.09. The molecule has 0 radical (unpaired) electrons. The lowest BCUT2D eigenvalue weighted by Crippen LogP contribution is -2.43. The second kappa shape index (κ2) is 9.78. The lowest BCUT2D eigenvalue weighted by molar-refractivity contribution is -0.192. The van der Waals surface area contributed by atoms with Crippen molar-refractivity contribution in [1.29, 1.82) is 0 Å². The van der Waals surface area contributed by atoms with Gasteiger partial charge in [-0.25, -0.2) is 4.79 Å². The Morgan fingerprint density at radius 2 is 1.90 bits per heavy atom. The molecule has 168 valence electrons. The first-order valence-electron chi connectivity index (χ1n) is 9.54. The molecule has 2 aliphatic heterocycles. The Morgan fingerprint density at radius 1 is 1.23 bits per heavy atom. The predicted octanol–water partition coefficient (Wildman–Crippen LogP) is 2.28. The standard InChI is InChI=1S/C17H25N3O2S.C2HF3O2/c1-3-19-12-17(9-16(19)22)11-18(10-15-5-4-8-23-15)6-7-20(13-17)14(2)21;3-2(4,5)1(6)7/h4-5,8H,3,6-7,9-13H2,1-2H3;(H,6,7). The topological polar surface area (TPSA) is 81.2 Å². The molecule has 3 rings (SSSR count). The summed E-state index contributed by atoms with van der Waals surface area (Å²) in [5.74, 6) is -2.41. The molecule has 1 atom stereocenters. The van der Waals surface area contributed by atoms with Crippen molar-refractivity contribution in [3.8, 4) is 0 Å². The molecule has 1 N–H and O–H groups in total. The molecule has 3 heterocycles. The number of halogens is 3. The predicted molar refractivity (Wildman–Crippen MR) is 105 cm³/mol. The summed E-state index contributed by atoms with van der Waals surface area (Å²) in [6.45, 7) is 9.31. The molecule has 11 heteroatoms. The van der Waals surface area contributed by atoms with Gasteiger partial charge in [-0.2, -0.15) is 13.2 Å². The molecular weight excluding hydrogens is 423 g/mol. The highest BCUT2D eigenvalue weighted by atomic mass is 32.1. The molecule has 0 saturated carbocycles. The summed E-state index contributed by atoms with van der Waals surface area (Å²) in [5, 5.41) is 9.22. The van der Waals surface area contributed by atoms with Crippen molar-refractivity contribution < 1.29 is 32.7 Å². The molecule has 1 aromatic heterocycles. The molecule has 2 amide bonds. The van der Waals surface area contributed by atoms with E-state index in [1.807, 2.05) is 16.7 Å². The third-order valence-corrected chi connectivity index (χ3v) is 6.07. The average Bonchev–Trinajstić information content (AvgIpc) is 3.20. The van der Waals surface area contributed by atoms with Crippen molar-refractivity contribution in [3.63, 3.8) is 0 Å². The van der Waals surface area contributed by atoms with Crippen LogP contribution in [0, 0.1) is 5.41 Å². The van der Waals surface area contributed by atoms with Crippen LogP contribution in [-0.4, -0.2) is 83.0 Å². The van der Waals surface area contributed by atoms with Crippen LogP contribution in [0.15, 0.2) is 17.5 Å². The van der Waals surface area contributed by atoms with Crippen LogP contribution >= 0.6 is 11.3 Å². The second-order valence-electron chi connectivity index (χ2n) is 7.62. The van der Waals surface area contributed by atoms with Crippen LogP contribution < -0.4 is 0 Å². The zero-order valence-corrected chi connectivity index (χ0v) is 17.8. The van der Waals surface area contributed by atoms with Gasteiger partial charge in [0, 0.05) is 69.4 Å². The molecule has 0 bridgehead atoms. The number of carboxylic acid groups (broad SMARTS) is 1. The molecule has 1 aromatic rings. The second-order valence-corrected chi connectivity index (χ2v) is 8.65. The Kier molecular flexibility index (Phi) is 7.87. The van der Waals surface area contributed by atoms with Gasteiger partial charge in [-0.15, -0.1) is 11.3 Å². The molecule has 2 saturated heterocycles. The maximum absolute atomic E-state index is 12.3. The molecular formula is C19H26F3N3O4S. The highest BCUT2D eigenvalue weighted by Crippen LogP contribution is 2.35. The number of likely N-dealkylation sites (tertiary alicyclic amines) is 1. The van der Waals surface area contributed by atoms with E-state index < -0.39 is 12.1 Å². The first kappa shape index (κ1) is 24.1. The Balaban J connectivity index is 0.000000396. The Bertz CT molecular complexity index is 757. The number of carbonyl (C=O) groups excluding carboxylic acids is 2.